The van der Waals surface area contributed by atoms with E-state index < -0.39 is 26.9 Å². The first-order chi connectivity index (χ1) is 13.3. The van der Waals surface area contributed by atoms with Gasteiger partial charge in [0, 0.05) is 0 Å². The fraction of sp³-hybridized carbons (Fsp3) is 0.800. The molecule has 0 radical (unpaired) electrons. The second kappa shape index (κ2) is 11.1. The predicted molar refractivity (Wildman–Crippen MR) is 112 cm³/mol. The van der Waals surface area contributed by atoms with Gasteiger partial charge in [0.25, 0.3) is 0 Å². The zero-order valence-corrected chi connectivity index (χ0v) is 21.5. The fourth-order valence-corrected chi connectivity index (χ4v) is 7.10. The number of thioether (sulfide) groups is 1. The van der Waals surface area contributed by atoms with E-state index in [1.807, 2.05) is 32.6 Å². The number of imide groups is 1. The number of hydrogen-bond acceptors (Lipinski definition) is 6. The second-order valence-electron chi connectivity index (χ2n) is 8.66. The first kappa shape index (κ1) is 26.4. The van der Waals surface area contributed by atoms with Crippen molar-refractivity contribution in [3.05, 3.63) is 0 Å². The van der Waals surface area contributed by atoms with E-state index in [9.17, 15) is 19.2 Å². The van der Waals surface area contributed by atoms with E-state index in [0.29, 0.717) is 19.4 Å². The van der Waals surface area contributed by atoms with Crippen LogP contribution in [0.2, 0.25) is 0 Å². The van der Waals surface area contributed by atoms with E-state index in [2.05, 4.69) is 10.6 Å². The summed E-state index contributed by atoms with van der Waals surface area (Å²) in [7, 11) is 1.76. The number of alkyl halides is 1. The van der Waals surface area contributed by atoms with Gasteiger partial charge < -0.3 is 5.32 Å². The van der Waals surface area contributed by atoms with Gasteiger partial charge in [-0.25, -0.2) is 0 Å². The molecule has 9 heteroatoms. The summed E-state index contributed by atoms with van der Waals surface area (Å²) in [6.45, 7) is 9.94. The standard InChI is InChI=1S/C20H35IN3O4S/c1-13(25)14(22-7)9-8-10-23-18(28)19(2,3)12-20(4,5)29-15-11-16(26)24(21-6)17(15)27/h14-15,22H,8-12H2,1-7H3,(H,23,28)/q-1. The van der Waals surface area contributed by atoms with Gasteiger partial charge in [-0.05, 0) is 14.0 Å². The number of carbonyl (C=O) groups is 4. The van der Waals surface area contributed by atoms with Crippen molar-refractivity contribution in [3.8, 4) is 0 Å². The molecule has 0 aromatic heterocycles. The zero-order valence-electron chi connectivity index (χ0n) is 18.6. The Morgan fingerprint density at radius 3 is 2.38 bits per heavy atom. The summed E-state index contributed by atoms with van der Waals surface area (Å²) in [6, 6.07) is -0.174. The summed E-state index contributed by atoms with van der Waals surface area (Å²) in [6.07, 6.45) is 2.25. The van der Waals surface area contributed by atoms with Crippen molar-refractivity contribution < 1.29 is 40.7 Å². The van der Waals surface area contributed by atoms with Gasteiger partial charge in [0.05, 0.1) is 6.04 Å². The maximum atomic E-state index is 12.7. The van der Waals surface area contributed by atoms with E-state index in [1.165, 1.54) is 14.9 Å². The van der Waals surface area contributed by atoms with Crippen LogP contribution in [0.5, 0.6) is 0 Å². The van der Waals surface area contributed by atoms with E-state index >= 15 is 0 Å². The summed E-state index contributed by atoms with van der Waals surface area (Å²) in [5.41, 5.74) is -0.609. The van der Waals surface area contributed by atoms with Crippen LogP contribution >= 0.6 is 11.8 Å². The van der Waals surface area contributed by atoms with Gasteiger partial charge in [0.15, 0.2) is 0 Å². The van der Waals surface area contributed by atoms with Gasteiger partial charge >= 0.3 is 154 Å². The number of ketones is 1. The van der Waals surface area contributed by atoms with Crippen molar-refractivity contribution in [2.45, 2.75) is 76.3 Å². The van der Waals surface area contributed by atoms with Gasteiger partial charge in [-0.2, -0.15) is 0 Å². The molecule has 2 atom stereocenters. The van der Waals surface area contributed by atoms with Crippen LogP contribution < -0.4 is 32.1 Å². The number of nitrogens with one attached hydrogen (secondary N) is 2. The van der Waals surface area contributed by atoms with Gasteiger partial charge in [0.1, 0.15) is 5.78 Å². The molecule has 1 aliphatic rings. The molecule has 0 spiro atoms. The molecule has 29 heavy (non-hydrogen) atoms. The molecular formula is C20H35IN3O4S-. The number of likely N-dealkylation sites (N-methyl/N-ethyl adjacent to an activating group) is 1. The minimum Gasteiger partial charge on any atom is -0.298 e. The van der Waals surface area contributed by atoms with Crippen LogP contribution in [-0.2, 0) is 19.2 Å². The third-order valence-electron chi connectivity index (χ3n) is 4.95. The minimum absolute atomic E-state index is 0.0371. The fourth-order valence-electron chi connectivity index (χ4n) is 3.71. The Bertz CT molecular complexity index is 639. The third-order valence-corrected chi connectivity index (χ3v) is 8.37. The van der Waals surface area contributed by atoms with E-state index in [0.717, 1.165) is 6.42 Å². The van der Waals surface area contributed by atoms with Crippen molar-refractivity contribution in [1.82, 2.24) is 13.7 Å². The molecule has 1 saturated heterocycles. The number of amides is 3. The summed E-state index contributed by atoms with van der Waals surface area (Å²) in [5.74, 6) is -0.0808. The van der Waals surface area contributed by atoms with Crippen LogP contribution in [0.4, 0.5) is 0 Å². The number of hydrogen-bond donors (Lipinski definition) is 2. The van der Waals surface area contributed by atoms with Crippen LogP contribution in [0.3, 0.4) is 0 Å². The Kier molecular flexibility index (Phi) is 10.1. The molecule has 3 amide bonds. The quantitative estimate of drug-likeness (QED) is 0.106. The SMILES string of the molecule is CNC(CCCNC(=O)C(C)(C)CC(C)(C)SC1CC(=O)N([I-]C)C1=O)C(C)=O. The molecule has 1 aliphatic heterocycles. The number of carbonyl (C=O) groups excluding carboxylic acids is 4. The second-order valence-corrected chi connectivity index (χ2v) is 12.5. The van der Waals surface area contributed by atoms with Crippen molar-refractivity contribution in [1.29, 1.82) is 0 Å². The molecule has 2 unspecified atom stereocenters. The molecule has 1 heterocycles. The van der Waals surface area contributed by atoms with Crippen molar-refractivity contribution in [2.75, 3.05) is 18.5 Å². The summed E-state index contributed by atoms with van der Waals surface area (Å²) in [4.78, 5) is 50.5. The molecule has 2 N–H and O–H groups in total. The van der Waals surface area contributed by atoms with Crippen molar-refractivity contribution in [2.24, 2.45) is 5.41 Å². The van der Waals surface area contributed by atoms with Gasteiger partial charge in [-0.15, -0.1) is 0 Å². The van der Waals surface area contributed by atoms with Gasteiger partial charge in [-0.3, -0.25) is 4.79 Å². The summed E-state index contributed by atoms with van der Waals surface area (Å²) < 4.78 is 1.10. The molecular weight excluding hydrogens is 505 g/mol. The average molecular weight is 540 g/mol. The normalized spacial score (nSPS) is 19.0. The zero-order chi connectivity index (χ0) is 22.4. The Balaban J connectivity index is 2.56. The summed E-state index contributed by atoms with van der Waals surface area (Å²) >= 11 is 0.930. The Morgan fingerprint density at radius 2 is 1.90 bits per heavy atom. The average Bonchev–Trinajstić information content (AvgIpc) is 2.85. The molecule has 0 aromatic carbocycles. The molecule has 0 bridgehead atoms. The molecule has 0 aliphatic carbocycles. The van der Waals surface area contributed by atoms with Crippen LogP contribution in [-0.4, -0.2) is 61.2 Å². The number of Topliss-reactive ketones (excluding diaryl/α,β-unsaturated/α-hetero) is 1. The maximum Gasteiger partial charge on any atom is 0.146 e. The van der Waals surface area contributed by atoms with Crippen LogP contribution in [0.15, 0.2) is 0 Å². The minimum atomic E-state index is -0.609. The topological polar surface area (TPSA) is 95.6 Å². The smallest absolute Gasteiger partial charge is 0.146 e. The molecule has 168 valence electrons. The maximum absolute atomic E-state index is 12.7. The van der Waals surface area contributed by atoms with Gasteiger partial charge in [-0.1, -0.05) is 0 Å². The number of halogens is 1. The number of nitrogens with zero attached hydrogens (tertiary/aromatic N) is 1. The van der Waals surface area contributed by atoms with Crippen LogP contribution in [0, 0.1) is 5.41 Å². The number of rotatable bonds is 12. The van der Waals surface area contributed by atoms with Crippen molar-refractivity contribution >= 4 is 35.3 Å². The van der Waals surface area contributed by atoms with E-state index in [1.54, 1.807) is 14.0 Å². The third kappa shape index (κ3) is 7.82. The molecule has 1 rings (SSSR count). The first-order valence-electron chi connectivity index (χ1n) is 9.85. The Morgan fingerprint density at radius 1 is 1.28 bits per heavy atom. The summed E-state index contributed by atoms with van der Waals surface area (Å²) in [5, 5.41) is 5.61. The Hall–Kier alpha value is -0.680. The van der Waals surface area contributed by atoms with Crippen molar-refractivity contribution in [3.63, 3.8) is 0 Å². The van der Waals surface area contributed by atoms with Crippen LogP contribution in [0.25, 0.3) is 0 Å². The van der Waals surface area contributed by atoms with Gasteiger partial charge in [0.2, 0.25) is 0 Å². The Labute approximate surface area is 189 Å². The molecule has 0 saturated carbocycles. The van der Waals surface area contributed by atoms with E-state index in [4.69, 9.17) is 0 Å². The largest absolute Gasteiger partial charge is 0.298 e. The molecule has 0 aromatic rings. The molecule has 7 nitrogen and oxygen atoms in total. The predicted octanol–water partition coefficient (Wildman–Crippen LogP) is -1.25. The monoisotopic (exact) mass is 540 g/mol. The molecule has 1 fully saturated rings. The van der Waals surface area contributed by atoms with E-state index in [-0.39, 0.29) is 46.0 Å². The first-order valence-corrected chi connectivity index (χ1v) is 13.8. The van der Waals surface area contributed by atoms with Crippen LogP contribution in [0.1, 0.15) is 60.3 Å².